The quantitative estimate of drug-likeness (QED) is 0.272. The van der Waals surface area contributed by atoms with Crippen molar-refractivity contribution in [1.29, 1.82) is 0 Å². The lowest BCUT2D eigenvalue weighted by molar-refractivity contribution is -0.385. The Morgan fingerprint density at radius 3 is 1.85 bits per heavy atom. The molecule has 0 N–H and O–H groups in total. The van der Waals surface area contributed by atoms with Gasteiger partial charge in [-0.3, -0.25) is 20.2 Å². The summed E-state index contributed by atoms with van der Waals surface area (Å²) in [5.41, 5.74) is -2.44. The number of ether oxygens (including phenoxy) is 3. The monoisotopic (exact) mass is 458 g/mol. The summed E-state index contributed by atoms with van der Waals surface area (Å²) in [6, 6.07) is 6.28. The van der Waals surface area contributed by atoms with E-state index in [4.69, 9.17) is 14.2 Å². The van der Waals surface area contributed by atoms with Gasteiger partial charge >= 0.3 is 17.9 Å². The Kier molecular flexibility index (Phi) is 6.11. The lowest BCUT2D eigenvalue weighted by atomic mass is 9.89. The van der Waals surface area contributed by atoms with E-state index in [1.807, 2.05) is 0 Å². The third kappa shape index (κ3) is 4.49. The van der Waals surface area contributed by atoms with Crippen LogP contribution in [0.1, 0.15) is 34.6 Å². The average molecular weight is 458 g/mol. The second-order valence-corrected chi connectivity index (χ2v) is 7.85. The molecule has 1 aliphatic heterocycles. The highest BCUT2D eigenvalue weighted by molar-refractivity contribution is 6.04. The van der Waals surface area contributed by atoms with Crippen molar-refractivity contribution < 1.29 is 38.4 Å². The number of nitro groups is 2. The average Bonchev–Trinajstić information content (AvgIpc) is 3.04. The van der Waals surface area contributed by atoms with Gasteiger partial charge in [-0.1, -0.05) is 13.8 Å². The van der Waals surface area contributed by atoms with E-state index in [0.717, 1.165) is 43.5 Å². The van der Waals surface area contributed by atoms with Gasteiger partial charge in [-0.15, -0.1) is 0 Å². The van der Waals surface area contributed by atoms with Gasteiger partial charge in [-0.05, 0) is 12.1 Å². The molecular formula is C21H18N2O10. The minimum absolute atomic E-state index is 0.0221. The fraction of sp³-hybridized carbons (Fsp3) is 0.286. The first-order valence-corrected chi connectivity index (χ1v) is 9.49. The van der Waals surface area contributed by atoms with Crippen LogP contribution in [0.15, 0.2) is 36.4 Å². The summed E-state index contributed by atoms with van der Waals surface area (Å²) in [4.78, 5) is 58.6. The van der Waals surface area contributed by atoms with Gasteiger partial charge in [0.1, 0.15) is 6.61 Å². The van der Waals surface area contributed by atoms with Crippen LogP contribution < -0.4 is 0 Å². The highest BCUT2D eigenvalue weighted by Gasteiger charge is 2.47. The normalized spacial score (nSPS) is 16.6. The molecule has 0 aliphatic carbocycles. The van der Waals surface area contributed by atoms with Gasteiger partial charge < -0.3 is 14.2 Å². The molecule has 12 nitrogen and oxygen atoms in total. The second-order valence-electron chi connectivity index (χ2n) is 7.85. The molecule has 1 aliphatic rings. The van der Waals surface area contributed by atoms with Crippen LogP contribution in [0.25, 0.3) is 11.1 Å². The van der Waals surface area contributed by atoms with Crippen LogP contribution >= 0.6 is 0 Å². The van der Waals surface area contributed by atoms with E-state index in [0.29, 0.717) is 0 Å². The van der Waals surface area contributed by atoms with Gasteiger partial charge in [0.15, 0.2) is 0 Å². The van der Waals surface area contributed by atoms with Gasteiger partial charge in [-0.2, -0.15) is 0 Å². The highest BCUT2D eigenvalue weighted by Crippen LogP contribution is 2.36. The van der Waals surface area contributed by atoms with Crippen LogP contribution in [-0.2, 0) is 19.0 Å². The van der Waals surface area contributed by atoms with Gasteiger partial charge in [0.05, 0.1) is 28.1 Å². The molecule has 172 valence electrons. The van der Waals surface area contributed by atoms with Crippen molar-refractivity contribution in [2.75, 3.05) is 13.7 Å². The molecule has 3 rings (SSSR count). The SMILES string of the molecule is COC(=O)c1ccc([N+](=O)[O-])cc1-c1cc([N+](=O)[O-])ccc1C(=O)O[C@@H]1C(=O)OCC1(C)C. The molecule has 0 spiro atoms. The van der Waals surface area contributed by atoms with Crippen molar-refractivity contribution in [3.8, 4) is 11.1 Å². The van der Waals surface area contributed by atoms with Crippen molar-refractivity contribution >= 4 is 29.3 Å². The van der Waals surface area contributed by atoms with E-state index in [1.165, 1.54) is 0 Å². The Bertz CT molecular complexity index is 1190. The molecule has 33 heavy (non-hydrogen) atoms. The minimum atomic E-state index is -1.24. The molecule has 0 unspecified atom stereocenters. The predicted molar refractivity (Wildman–Crippen MR) is 110 cm³/mol. The smallest absolute Gasteiger partial charge is 0.348 e. The first-order chi connectivity index (χ1) is 15.5. The Morgan fingerprint density at radius 1 is 0.970 bits per heavy atom. The second kappa shape index (κ2) is 8.65. The molecular weight excluding hydrogens is 440 g/mol. The van der Waals surface area contributed by atoms with Crippen molar-refractivity contribution in [2.24, 2.45) is 5.41 Å². The van der Waals surface area contributed by atoms with Crippen LogP contribution in [0.3, 0.4) is 0 Å². The molecule has 1 heterocycles. The Hall–Kier alpha value is -4.35. The Morgan fingerprint density at radius 2 is 1.45 bits per heavy atom. The molecule has 12 heteroatoms. The summed E-state index contributed by atoms with van der Waals surface area (Å²) in [6.07, 6.45) is -1.24. The number of hydrogen-bond donors (Lipinski definition) is 0. The fourth-order valence-electron chi connectivity index (χ4n) is 3.31. The Balaban J connectivity index is 2.20. The van der Waals surface area contributed by atoms with E-state index in [-0.39, 0.29) is 28.9 Å². The maximum absolute atomic E-state index is 13.0. The third-order valence-corrected chi connectivity index (χ3v) is 5.08. The number of rotatable bonds is 6. The summed E-state index contributed by atoms with van der Waals surface area (Å²) >= 11 is 0. The number of esters is 3. The molecule has 1 saturated heterocycles. The number of non-ortho nitro benzene ring substituents is 2. The summed E-state index contributed by atoms with van der Waals surface area (Å²) in [6.45, 7) is 3.33. The van der Waals surface area contributed by atoms with Crippen molar-refractivity contribution in [1.82, 2.24) is 0 Å². The topological polar surface area (TPSA) is 165 Å². The number of methoxy groups -OCH3 is 1. The molecule has 1 fully saturated rings. The zero-order valence-corrected chi connectivity index (χ0v) is 17.7. The lowest BCUT2D eigenvalue weighted by Gasteiger charge is -2.22. The summed E-state index contributed by atoms with van der Waals surface area (Å²) < 4.78 is 15.0. The zero-order valence-electron chi connectivity index (χ0n) is 17.7. The van der Waals surface area contributed by atoms with Gasteiger partial charge in [0, 0.05) is 40.8 Å². The number of hydrogen-bond acceptors (Lipinski definition) is 10. The van der Waals surface area contributed by atoms with E-state index < -0.39 is 50.6 Å². The van der Waals surface area contributed by atoms with E-state index >= 15 is 0 Å². The number of carbonyl (C=O) groups excluding carboxylic acids is 3. The molecule has 1 atom stereocenters. The number of carbonyl (C=O) groups is 3. The largest absolute Gasteiger partial charge is 0.465 e. The molecule has 2 aromatic carbocycles. The summed E-state index contributed by atoms with van der Waals surface area (Å²) in [5.74, 6) is -2.66. The highest BCUT2D eigenvalue weighted by atomic mass is 16.6. The van der Waals surface area contributed by atoms with Gasteiger partial charge in [0.2, 0.25) is 6.10 Å². The standard InChI is InChI=1S/C21H18N2O10/c1-21(2)10-32-20(26)17(21)33-19(25)14-7-5-12(23(29)30)9-16(14)15-8-11(22(27)28)4-6-13(15)18(24)31-3/h4-9,17H,10H2,1-3H3/t17-/m1/s1. The van der Waals surface area contributed by atoms with Crippen LogP contribution in [0.2, 0.25) is 0 Å². The van der Waals surface area contributed by atoms with E-state index in [2.05, 4.69) is 0 Å². The van der Waals surface area contributed by atoms with Gasteiger partial charge in [0.25, 0.3) is 11.4 Å². The van der Waals surface area contributed by atoms with Crippen LogP contribution in [0, 0.1) is 25.6 Å². The number of benzene rings is 2. The maximum Gasteiger partial charge on any atom is 0.348 e. The first kappa shape index (κ1) is 23.3. The summed E-state index contributed by atoms with van der Waals surface area (Å²) in [7, 11) is 1.09. The third-order valence-electron chi connectivity index (χ3n) is 5.08. The van der Waals surface area contributed by atoms with Crippen LogP contribution in [0.4, 0.5) is 11.4 Å². The minimum Gasteiger partial charge on any atom is -0.465 e. The van der Waals surface area contributed by atoms with Crippen molar-refractivity contribution in [3.05, 3.63) is 67.8 Å². The maximum atomic E-state index is 13.0. The zero-order chi connectivity index (χ0) is 24.5. The molecule has 0 amide bonds. The molecule has 0 saturated carbocycles. The number of nitro benzene ring substituents is 2. The lowest BCUT2D eigenvalue weighted by Crippen LogP contribution is -2.35. The van der Waals surface area contributed by atoms with Gasteiger partial charge in [-0.25, -0.2) is 14.4 Å². The van der Waals surface area contributed by atoms with Crippen LogP contribution in [-0.4, -0.2) is 47.6 Å². The molecule has 0 aromatic heterocycles. The first-order valence-electron chi connectivity index (χ1n) is 9.49. The number of nitrogens with zero attached hydrogens (tertiary/aromatic N) is 2. The fourth-order valence-corrected chi connectivity index (χ4v) is 3.31. The Labute approximate surface area is 186 Å². The molecule has 0 radical (unpaired) electrons. The van der Waals surface area contributed by atoms with Crippen molar-refractivity contribution in [2.45, 2.75) is 20.0 Å². The number of cyclic esters (lactones) is 1. The molecule has 2 aromatic rings. The van der Waals surface area contributed by atoms with E-state index in [1.54, 1.807) is 13.8 Å². The van der Waals surface area contributed by atoms with E-state index in [9.17, 15) is 34.6 Å². The predicted octanol–water partition coefficient (Wildman–Crippen LogP) is 3.07. The molecule has 0 bridgehead atoms. The van der Waals surface area contributed by atoms with Crippen molar-refractivity contribution in [3.63, 3.8) is 0 Å². The summed E-state index contributed by atoms with van der Waals surface area (Å²) in [5, 5.41) is 22.7. The van der Waals surface area contributed by atoms with Crippen LogP contribution in [0.5, 0.6) is 0 Å².